The smallest absolute Gasteiger partial charge is 0.356 e. The Bertz CT molecular complexity index is 432. The zero-order chi connectivity index (χ0) is 13.7. The summed E-state index contributed by atoms with van der Waals surface area (Å²) in [5.41, 5.74) is 1.17. The molecule has 0 saturated heterocycles. The number of hydrogen-bond donors (Lipinski definition) is 1. The molecule has 1 aliphatic rings. The predicted molar refractivity (Wildman–Crippen MR) is 70.7 cm³/mol. The van der Waals surface area contributed by atoms with Gasteiger partial charge in [0.05, 0.1) is 19.4 Å². The van der Waals surface area contributed by atoms with Gasteiger partial charge in [-0.15, -0.1) is 0 Å². The van der Waals surface area contributed by atoms with E-state index in [9.17, 15) is 4.79 Å². The van der Waals surface area contributed by atoms with Crippen LogP contribution in [0.2, 0.25) is 0 Å². The summed E-state index contributed by atoms with van der Waals surface area (Å²) in [5, 5.41) is 9.13. The van der Waals surface area contributed by atoms with Crippen LogP contribution in [-0.4, -0.2) is 47.3 Å². The van der Waals surface area contributed by atoms with Gasteiger partial charge in [-0.3, -0.25) is 4.90 Å². The lowest BCUT2D eigenvalue weighted by Gasteiger charge is -2.37. The Morgan fingerprint density at radius 3 is 2.89 bits per heavy atom. The van der Waals surface area contributed by atoms with Gasteiger partial charge in [-0.25, -0.2) is 9.78 Å². The van der Waals surface area contributed by atoms with Crippen molar-refractivity contribution in [2.45, 2.75) is 31.8 Å². The molecule has 0 amide bonds. The van der Waals surface area contributed by atoms with Gasteiger partial charge in [0.1, 0.15) is 5.69 Å². The lowest BCUT2D eigenvalue weighted by molar-refractivity contribution is 0.0592. The summed E-state index contributed by atoms with van der Waals surface area (Å²) in [6.45, 7) is 1.46. The van der Waals surface area contributed by atoms with Crippen LogP contribution < -0.4 is 0 Å². The number of pyridine rings is 1. The molecule has 5 nitrogen and oxygen atoms in total. The third-order valence-corrected chi connectivity index (χ3v) is 3.54. The van der Waals surface area contributed by atoms with Crippen LogP contribution in [0.25, 0.3) is 0 Å². The van der Waals surface area contributed by atoms with Crippen molar-refractivity contribution < 1.29 is 14.6 Å². The van der Waals surface area contributed by atoms with Crippen molar-refractivity contribution in [1.29, 1.82) is 0 Å². The van der Waals surface area contributed by atoms with Gasteiger partial charge in [-0.2, -0.15) is 0 Å². The third kappa shape index (κ3) is 3.52. The molecule has 0 aliphatic heterocycles. The van der Waals surface area contributed by atoms with Gasteiger partial charge in [-0.05, 0) is 25.0 Å². The molecule has 19 heavy (non-hydrogen) atoms. The van der Waals surface area contributed by atoms with Crippen molar-refractivity contribution in [1.82, 2.24) is 9.88 Å². The van der Waals surface area contributed by atoms with Gasteiger partial charge in [-0.1, -0.05) is 12.5 Å². The summed E-state index contributed by atoms with van der Waals surface area (Å²) in [5.74, 6) is -0.417. The van der Waals surface area contributed by atoms with Crippen molar-refractivity contribution >= 4 is 5.97 Å². The minimum absolute atomic E-state index is 0.146. The highest BCUT2D eigenvalue weighted by Crippen LogP contribution is 2.25. The molecule has 1 heterocycles. The minimum Gasteiger partial charge on any atom is -0.464 e. The van der Waals surface area contributed by atoms with Crippen LogP contribution in [0.5, 0.6) is 0 Å². The lowest BCUT2D eigenvalue weighted by atomic mass is 9.91. The standard InChI is InChI=1S/C14H20N2O3/c1-19-14(18)13-7-2-4-11(15-13)10-16(8-9-17)12-5-3-6-12/h2,4,7,12,17H,3,5-6,8-10H2,1H3. The van der Waals surface area contributed by atoms with E-state index in [1.165, 1.54) is 26.4 Å². The molecule has 0 bridgehead atoms. The molecule has 0 unspecified atom stereocenters. The fourth-order valence-corrected chi connectivity index (χ4v) is 2.26. The van der Waals surface area contributed by atoms with Crippen molar-refractivity contribution in [2.24, 2.45) is 0 Å². The van der Waals surface area contributed by atoms with E-state index in [1.54, 1.807) is 6.07 Å². The second-order valence-corrected chi connectivity index (χ2v) is 4.78. The van der Waals surface area contributed by atoms with Crippen LogP contribution in [0.3, 0.4) is 0 Å². The number of nitrogens with zero attached hydrogens (tertiary/aromatic N) is 2. The van der Waals surface area contributed by atoms with E-state index in [0.717, 1.165) is 5.69 Å². The van der Waals surface area contributed by atoms with E-state index in [1.807, 2.05) is 12.1 Å². The summed E-state index contributed by atoms with van der Waals surface area (Å²) < 4.78 is 4.67. The second kappa shape index (κ2) is 6.63. The maximum absolute atomic E-state index is 11.4. The fraction of sp³-hybridized carbons (Fsp3) is 0.571. The average Bonchev–Trinajstić information content (AvgIpc) is 2.36. The van der Waals surface area contributed by atoms with Crippen molar-refractivity contribution in [3.63, 3.8) is 0 Å². The zero-order valence-corrected chi connectivity index (χ0v) is 11.2. The fourth-order valence-electron chi connectivity index (χ4n) is 2.26. The molecule has 104 valence electrons. The number of methoxy groups -OCH3 is 1. The number of aromatic nitrogens is 1. The number of hydrogen-bond acceptors (Lipinski definition) is 5. The summed E-state index contributed by atoms with van der Waals surface area (Å²) in [6.07, 6.45) is 3.61. The molecular formula is C14H20N2O3. The predicted octanol–water partition coefficient (Wildman–Crippen LogP) is 1.21. The summed E-state index contributed by atoms with van der Waals surface area (Å²) in [6, 6.07) is 5.90. The van der Waals surface area contributed by atoms with E-state index >= 15 is 0 Å². The number of carbonyl (C=O) groups excluding carboxylic acids is 1. The number of ether oxygens (including phenoxy) is 1. The van der Waals surface area contributed by atoms with E-state index in [4.69, 9.17) is 5.11 Å². The van der Waals surface area contributed by atoms with Gasteiger partial charge < -0.3 is 9.84 Å². The molecular weight excluding hydrogens is 244 g/mol. The Morgan fingerprint density at radius 1 is 1.53 bits per heavy atom. The highest BCUT2D eigenvalue weighted by atomic mass is 16.5. The van der Waals surface area contributed by atoms with Crippen LogP contribution in [0, 0.1) is 0 Å². The minimum atomic E-state index is -0.417. The highest BCUT2D eigenvalue weighted by molar-refractivity contribution is 5.87. The largest absolute Gasteiger partial charge is 0.464 e. The molecule has 5 heteroatoms. The maximum Gasteiger partial charge on any atom is 0.356 e. The molecule has 1 aliphatic carbocycles. The third-order valence-electron chi connectivity index (χ3n) is 3.54. The van der Waals surface area contributed by atoms with E-state index < -0.39 is 5.97 Å². The molecule has 0 radical (unpaired) electrons. The van der Waals surface area contributed by atoms with Crippen LogP contribution in [0.4, 0.5) is 0 Å². The van der Waals surface area contributed by atoms with Gasteiger partial charge in [0.2, 0.25) is 0 Å². The molecule has 0 aromatic carbocycles. The first-order valence-corrected chi connectivity index (χ1v) is 6.63. The highest BCUT2D eigenvalue weighted by Gasteiger charge is 2.24. The first kappa shape index (κ1) is 14.0. The maximum atomic E-state index is 11.4. The first-order chi connectivity index (χ1) is 9.24. The Kier molecular flexibility index (Phi) is 4.87. The van der Waals surface area contributed by atoms with Crippen LogP contribution in [-0.2, 0) is 11.3 Å². The van der Waals surface area contributed by atoms with Crippen molar-refractivity contribution in [3.8, 4) is 0 Å². The molecule has 0 spiro atoms. The molecule has 2 rings (SSSR count). The van der Waals surface area contributed by atoms with Gasteiger partial charge >= 0.3 is 5.97 Å². The SMILES string of the molecule is COC(=O)c1cccc(CN(CCO)C2CCC2)n1. The molecule has 1 fully saturated rings. The molecule has 1 saturated carbocycles. The summed E-state index contributed by atoms with van der Waals surface area (Å²) in [4.78, 5) is 18.0. The number of carbonyl (C=O) groups is 1. The van der Waals surface area contributed by atoms with Gasteiger partial charge in [0, 0.05) is 19.1 Å². The summed E-state index contributed by atoms with van der Waals surface area (Å²) in [7, 11) is 1.35. The number of rotatable bonds is 6. The molecule has 1 aromatic rings. The molecule has 1 aromatic heterocycles. The number of aliphatic hydroxyl groups excluding tert-OH is 1. The Labute approximate surface area is 113 Å². The average molecular weight is 264 g/mol. The topological polar surface area (TPSA) is 62.7 Å². The van der Waals surface area contributed by atoms with Gasteiger partial charge in [0.25, 0.3) is 0 Å². The Balaban J connectivity index is 2.05. The van der Waals surface area contributed by atoms with E-state index in [0.29, 0.717) is 24.8 Å². The quantitative estimate of drug-likeness (QED) is 0.783. The lowest BCUT2D eigenvalue weighted by Crippen LogP contribution is -2.41. The number of esters is 1. The van der Waals surface area contributed by atoms with E-state index in [-0.39, 0.29) is 6.61 Å². The normalized spacial score (nSPS) is 15.3. The van der Waals surface area contributed by atoms with Crippen LogP contribution in [0.15, 0.2) is 18.2 Å². The first-order valence-electron chi connectivity index (χ1n) is 6.63. The van der Waals surface area contributed by atoms with Crippen LogP contribution in [0.1, 0.15) is 35.4 Å². The van der Waals surface area contributed by atoms with Crippen molar-refractivity contribution in [3.05, 3.63) is 29.6 Å². The zero-order valence-electron chi connectivity index (χ0n) is 11.2. The van der Waals surface area contributed by atoms with E-state index in [2.05, 4.69) is 14.6 Å². The Morgan fingerprint density at radius 2 is 2.32 bits per heavy atom. The molecule has 0 atom stereocenters. The van der Waals surface area contributed by atoms with Gasteiger partial charge in [0.15, 0.2) is 0 Å². The number of aliphatic hydroxyl groups is 1. The summed E-state index contributed by atoms with van der Waals surface area (Å²) >= 11 is 0. The molecule has 1 N–H and O–H groups in total. The van der Waals surface area contributed by atoms with Crippen molar-refractivity contribution in [2.75, 3.05) is 20.3 Å². The monoisotopic (exact) mass is 264 g/mol. The second-order valence-electron chi connectivity index (χ2n) is 4.78. The van der Waals surface area contributed by atoms with Crippen LogP contribution >= 0.6 is 0 Å². The Hall–Kier alpha value is -1.46.